The Hall–Kier alpha value is -3.61. The van der Waals surface area contributed by atoms with E-state index in [4.69, 9.17) is 0 Å². The highest BCUT2D eigenvalue weighted by atomic mass is 19.1. The smallest absolute Gasteiger partial charge is 0.258 e. The van der Waals surface area contributed by atoms with Gasteiger partial charge in [0.15, 0.2) is 5.65 Å². The number of nitro groups is 1. The van der Waals surface area contributed by atoms with Gasteiger partial charge < -0.3 is 0 Å². The number of nitrogens with zero attached hydrogens (tertiary/aromatic N) is 4. The van der Waals surface area contributed by atoms with Crippen molar-refractivity contribution >= 4 is 11.3 Å². The fraction of sp³-hybridized carbons (Fsp3) is 0. The monoisotopic (exact) mass is 334 g/mol. The zero-order valence-electron chi connectivity index (χ0n) is 12.8. The van der Waals surface area contributed by atoms with Crippen molar-refractivity contribution in [2.45, 2.75) is 0 Å². The van der Waals surface area contributed by atoms with Crippen molar-refractivity contribution in [1.29, 1.82) is 0 Å². The Morgan fingerprint density at radius 2 is 1.84 bits per heavy atom. The third-order valence-electron chi connectivity index (χ3n) is 3.92. The first-order valence-corrected chi connectivity index (χ1v) is 7.47. The number of benzene rings is 2. The number of hydrogen-bond acceptors (Lipinski definition) is 4. The summed E-state index contributed by atoms with van der Waals surface area (Å²) in [5.41, 5.74) is 2.94. The first kappa shape index (κ1) is 14.9. The number of nitro benzene ring substituents is 1. The molecule has 2 aromatic carbocycles. The second-order valence-electron chi connectivity index (χ2n) is 5.41. The number of rotatable bonds is 3. The van der Waals surface area contributed by atoms with Gasteiger partial charge in [-0.25, -0.2) is 9.50 Å². The highest BCUT2D eigenvalue weighted by Gasteiger charge is 2.17. The molecule has 6 nitrogen and oxygen atoms in total. The molecule has 0 atom stereocenters. The Bertz CT molecular complexity index is 1090. The first-order valence-electron chi connectivity index (χ1n) is 7.47. The molecule has 122 valence electrons. The van der Waals surface area contributed by atoms with E-state index in [9.17, 15) is 14.5 Å². The van der Waals surface area contributed by atoms with E-state index in [2.05, 4.69) is 10.1 Å². The number of fused-ring (bicyclic) bond motifs is 1. The Morgan fingerprint density at radius 3 is 2.60 bits per heavy atom. The van der Waals surface area contributed by atoms with Crippen LogP contribution in [0.4, 0.5) is 10.1 Å². The van der Waals surface area contributed by atoms with Gasteiger partial charge in [-0.15, -0.1) is 0 Å². The lowest BCUT2D eigenvalue weighted by atomic mass is 10.1. The largest absolute Gasteiger partial charge is 0.305 e. The maximum atomic E-state index is 13.6. The summed E-state index contributed by atoms with van der Waals surface area (Å²) in [6, 6.07) is 15.1. The summed E-state index contributed by atoms with van der Waals surface area (Å²) in [5, 5.41) is 15.3. The van der Waals surface area contributed by atoms with Crippen LogP contribution in [0.2, 0.25) is 0 Å². The normalized spacial score (nSPS) is 10.9. The minimum Gasteiger partial charge on any atom is -0.258 e. The first-order chi connectivity index (χ1) is 12.1. The third-order valence-corrected chi connectivity index (χ3v) is 3.92. The zero-order chi connectivity index (χ0) is 17.4. The third kappa shape index (κ3) is 2.51. The second-order valence-corrected chi connectivity index (χ2v) is 5.41. The van der Waals surface area contributed by atoms with Crippen LogP contribution in [0.1, 0.15) is 0 Å². The Labute approximate surface area is 141 Å². The molecule has 2 heterocycles. The number of hydrogen-bond donors (Lipinski definition) is 0. The lowest BCUT2D eigenvalue weighted by Gasteiger charge is -2.06. The molecule has 0 unspecified atom stereocenters. The highest BCUT2D eigenvalue weighted by Crippen LogP contribution is 2.29. The Kier molecular flexibility index (Phi) is 3.46. The van der Waals surface area contributed by atoms with Crippen LogP contribution in [0, 0.1) is 15.9 Å². The van der Waals surface area contributed by atoms with Crippen LogP contribution in [0.5, 0.6) is 0 Å². The Morgan fingerprint density at radius 1 is 1.04 bits per heavy atom. The van der Waals surface area contributed by atoms with Gasteiger partial charge in [-0.1, -0.05) is 30.3 Å². The minimum absolute atomic E-state index is 0.489. The molecule has 4 aromatic rings. The Balaban J connectivity index is 1.91. The van der Waals surface area contributed by atoms with Crippen molar-refractivity contribution < 1.29 is 9.31 Å². The topological polar surface area (TPSA) is 73.3 Å². The number of halogens is 1. The van der Waals surface area contributed by atoms with Gasteiger partial charge in [-0.3, -0.25) is 10.1 Å². The average Bonchev–Trinajstić information content (AvgIpc) is 3.07. The summed E-state index contributed by atoms with van der Waals surface area (Å²) in [5.74, 6) is -0.871. The van der Waals surface area contributed by atoms with Crippen molar-refractivity contribution in [3.63, 3.8) is 0 Å². The summed E-state index contributed by atoms with van der Waals surface area (Å²) >= 11 is 0. The maximum Gasteiger partial charge on any atom is 0.305 e. The molecule has 0 spiro atoms. The molecule has 0 amide bonds. The molecule has 0 aliphatic heterocycles. The predicted octanol–water partition coefficient (Wildman–Crippen LogP) is 4.11. The van der Waals surface area contributed by atoms with E-state index >= 15 is 0 Å². The zero-order valence-corrected chi connectivity index (χ0v) is 12.8. The summed E-state index contributed by atoms with van der Waals surface area (Å²) in [6.45, 7) is 0. The summed E-state index contributed by atoms with van der Waals surface area (Å²) in [4.78, 5) is 14.6. The SMILES string of the molecule is O=[N+]([O-])c1cc(-c2ccnc3c(-c4ccccc4)cnn23)ccc1F. The van der Waals surface area contributed by atoms with E-state index in [1.807, 2.05) is 30.3 Å². The van der Waals surface area contributed by atoms with Gasteiger partial charge in [0.2, 0.25) is 5.82 Å². The molecule has 0 saturated carbocycles. The maximum absolute atomic E-state index is 13.6. The van der Waals surface area contributed by atoms with Crippen LogP contribution in [0.3, 0.4) is 0 Å². The summed E-state index contributed by atoms with van der Waals surface area (Å²) in [7, 11) is 0. The molecule has 0 saturated heterocycles. The molecule has 0 aliphatic rings. The molecular weight excluding hydrogens is 323 g/mol. The van der Waals surface area contributed by atoms with Gasteiger partial charge in [0.05, 0.1) is 16.8 Å². The molecule has 0 fully saturated rings. The molecule has 2 aromatic heterocycles. The highest BCUT2D eigenvalue weighted by molar-refractivity contribution is 5.79. The van der Waals surface area contributed by atoms with Gasteiger partial charge in [-0.2, -0.15) is 9.49 Å². The van der Waals surface area contributed by atoms with E-state index in [-0.39, 0.29) is 0 Å². The van der Waals surface area contributed by atoms with E-state index in [1.165, 1.54) is 12.1 Å². The molecular formula is C18H11FN4O2. The molecule has 7 heteroatoms. The van der Waals surface area contributed by atoms with Crippen LogP contribution in [-0.2, 0) is 0 Å². The van der Waals surface area contributed by atoms with Crippen molar-refractivity contribution in [2.24, 2.45) is 0 Å². The summed E-state index contributed by atoms with van der Waals surface area (Å²) in [6.07, 6.45) is 3.30. The van der Waals surface area contributed by atoms with Crippen LogP contribution in [0.25, 0.3) is 28.0 Å². The van der Waals surface area contributed by atoms with Crippen molar-refractivity contribution in [3.05, 3.63) is 82.9 Å². The lowest BCUT2D eigenvalue weighted by Crippen LogP contribution is -1.98. The van der Waals surface area contributed by atoms with Crippen molar-refractivity contribution in [3.8, 4) is 22.4 Å². The van der Waals surface area contributed by atoms with E-state index in [0.717, 1.165) is 17.2 Å². The van der Waals surface area contributed by atoms with E-state index < -0.39 is 16.4 Å². The number of aromatic nitrogens is 3. The summed E-state index contributed by atoms with van der Waals surface area (Å²) < 4.78 is 15.2. The minimum atomic E-state index is -0.871. The molecule has 0 aliphatic carbocycles. The van der Waals surface area contributed by atoms with E-state index in [1.54, 1.807) is 23.0 Å². The lowest BCUT2D eigenvalue weighted by molar-refractivity contribution is -0.387. The van der Waals surface area contributed by atoms with E-state index in [0.29, 0.717) is 16.9 Å². The van der Waals surface area contributed by atoms with Crippen LogP contribution < -0.4 is 0 Å². The molecule has 0 bridgehead atoms. The van der Waals surface area contributed by atoms with Gasteiger partial charge in [0.25, 0.3) is 0 Å². The van der Waals surface area contributed by atoms with Gasteiger partial charge in [0.1, 0.15) is 0 Å². The quantitative estimate of drug-likeness (QED) is 0.417. The predicted molar refractivity (Wildman–Crippen MR) is 90.5 cm³/mol. The molecule has 25 heavy (non-hydrogen) atoms. The van der Waals surface area contributed by atoms with Crippen molar-refractivity contribution in [2.75, 3.05) is 0 Å². The van der Waals surface area contributed by atoms with Crippen LogP contribution in [-0.4, -0.2) is 19.5 Å². The molecule has 4 rings (SSSR count). The van der Waals surface area contributed by atoms with Crippen LogP contribution in [0.15, 0.2) is 67.0 Å². The van der Waals surface area contributed by atoms with Gasteiger partial charge >= 0.3 is 5.69 Å². The fourth-order valence-corrected chi connectivity index (χ4v) is 2.74. The van der Waals surface area contributed by atoms with Crippen LogP contribution >= 0.6 is 0 Å². The molecule has 0 N–H and O–H groups in total. The molecule has 0 radical (unpaired) electrons. The van der Waals surface area contributed by atoms with Gasteiger partial charge in [-0.05, 0) is 23.8 Å². The second kappa shape index (κ2) is 5.79. The fourth-order valence-electron chi connectivity index (χ4n) is 2.74. The van der Waals surface area contributed by atoms with Gasteiger partial charge in [0, 0.05) is 23.4 Å². The average molecular weight is 334 g/mol. The standard InChI is InChI=1S/C18H11FN4O2/c19-15-7-6-13(10-17(15)23(24)25)16-8-9-20-18-14(11-21-22(16)18)12-4-2-1-3-5-12/h1-11H. The van der Waals surface area contributed by atoms with Crippen molar-refractivity contribution in [1.82, 2.24) is 14.6 Å².